The van der Waals surface area contributed by atoms with Gasteiger partial charge in [-0.3, -0.25) is 0 Å². The quantitative estimate of drug-likeness (QED) is 0.0819. The largest absolute Gasteiger partial charge is 0.456 e. The molecule has 4 bridgehead atoms. The fourth-order valence-corrected chi connectivity index (χ4v) is 14.9. The number of carbonyl (C=O) groups is 6. The van der Waals surface area contributed by atoms with Crippen LogP contribution in [0, 0.1) is 35.5 Å². The second-order valence-electron chi connectivity index (χ2n) is 29.6. The van der Waals surface area contributed by atoms with Crippen molar-refractivity contribution in [2.24, 2.45) is 35.5 Å². The van der Waals surface area contributed by atoms with Crippen molar-refractivity contribution in [2.75, 3.05) is 0 Å². The summed E-state index contributed by atoms with van der Waals surface area (Å²) in [6, 6.07) is 0. The summed E-state index contributed by atoms with van der Waals surface area (Å²) >= 11 is 0. The molecule has 9 rings (SSSR count). The highest BCUT2D eigenvalue weighted by Crippen LogP contribution is 2.59. The van der Waals surface area contributed by atoms with Gasteiger partial charge in [0.1, 0.15) is 33.6 Å². The lowest BCUT2D eigenvalue weighted by Gasteiger charge is -2.59. The molecule has 9 aliphatic rings. The third kappa shape index (κ3) is 24.4. The molecule has 0 unspecified atom stereocenters. The van der Waals surface area contributed by atoms with Crippen LogP contribution in [0.25, 0.3) is 0 Å². The zero-order valence-corrected chi connectivity index (χ0v) is 58.9. The van der Waals surface area contributed by atoms with Crippen molar-refractivity contribution in [2.45, 2.75) is 342 Å². The molecular formula is C77H126O12. The lowest BCUT2D eigenvalue weighted by atomic mass is 9.50. The second kappa shape index (κ2) is 36.5. The third-order valence-corrected chi connectivity index (χ3v) is 21.2. The number of hydrogen-bond acceptors (Lipinski definition) is 12. The van der Waals surface area contributed by atoms with Gasteiger partial charge in [-0.05, 0) is 264 Å². The smallest absolute Gasteiger partial charge is 0.333 e. The van der Waals surface area contributed by atoms with Crippen LogP contribution in [0.2, 0.25) is 0 Å². The maximum Gasteiger partial charge on any atom is 0.333 e. The summed E-state index contributed by atoms with van der Waals surface area (Å²) in [5.74, 6) is 2.45. The van der Waals surface area contributed by atoms with Crippen molar-refractivity contribution in [3.05, 3.63) is 72.9 Å². The van der Waals surface area contributed by atoms with E-state index < -0.39 is 0 Å². The van der Waals surface area contributed by atoms with E-state index in [1.54, 1.807) is 41.5 Å². The van der Waals surface area contributed by atoms with Crippen LogP contribution < -0.4 is 0 Å². The van der Waals surface area contributed by atoms with Crippen LogP contribution in [0.3, 0.4) is 0 Å². The van der Waals surface area contributed by atoms with Gasteiger partial charge >= 0.3 is 35.8 Å². The lowest BCUT2D eigenvalue weighted by Crippen LogP contribution is -2.58. The van der Waals surface area contributed by atoms with E-state index in [0.717, 1.165) is 88.9 Å². The normalized spacial score (nSPS) is 25.3. The number of carbonyl (C=O) groups excluding carboxylic acids is 6. The first kappa shape index (κ1) is 78.5. The molecule has 0 aliphatic heterocycles. The fraction of sp³-hybridized carbons (Fsp3) is 0.766. The van der Waals surface area contributed by atoms with E-state index in [4.69, 9.17) is 28.4 Å². The van der Waals surface area contributed by atoms with E-state index in [2.05, 4.69) is 87.9 Å². The molecule has 0 amide bonds. The summed E-state index contributed by atoms with van der Waals surface area (Å²) in [5.41, 5.74) is 1.76. The van der Waals surface area contributed by atoms with Gasteiger partial charge in [0.25, 0.3) is 0 Å². The van der Waals surface area contributed by atoms with Crippen LogP contribution in [0.15, 0.2) is 72.9 Å². The molecule has 506 valence electrons. The van der Waals surface area contributed by atoms with Crippen LogP contribution in [0.5, 0.6) is 0 Å². The van der Waals surface area contributed by atoms with Gasteiger partial charge in [-0.15, -0.1) is 0 Å². The minimum atomic E-state index is -0.246. The van der Waals surface area contributed by atoms with Gasteiger partial charge in [-0.1, -0.05) is 120 Å². The molecule has 0 spiro atoms. The molecule has 0 aromatic rings. The highest BCUT2D eigenvalue weighted by atomic mass is 16.6. The predicted octanol–water partition coefficient (Wildman–Crippen LogP) is 19.9. The minimum absolute atomic E-state index is 0.186. The third-order valence-electron chi connectivity index (χ3n) is 21.2. The Balaban J connectivity index is 0.000000280. The molecule has 0 atom stereocenters. The van der Waals surface area contributed by atoms with Crippen molar-refractivity contribution >= 4 is 35.8 Å². The number of hydrogen-bond donors (Lipinski definition) is 0. The molecule has 0 heterocycles. The maximum atomic E-state index is 11.8. The van der Waals surface area contributed by atoms with Gasteiger partial charge in [-0.2, -0.15) is 0 Å². The van der Waals surface area contributed by atoms with Crippen molar-refractivity contribution < 1.29 is 57.2 Å². The van der Waals surface area contributed by atoms with E-state index in [-0.39, 0.29) is 69.4 Å². The van der Waals surface area contributed by atoms with E-state index in [0.29, 0.717) is 57.1 Å². The molecule has 0 N–H and O–H groups in total. The zero-order valence-electron chi connectivity index (χ0n) is 58.9. The highest BCUT2D eigenvalue weighted by molar-refractivity contribution is 5.89. The molecule has 12 heteroatoms. The van der Waals surface area contributed by atoms with Crippen LogP contribution >= 0.6 is 0 Å². The fourth-order valence-electron chi connectivity index (χ4n) is 14.9. The first-order valence-electron chi connectivity index (χ1n) is 35.0. The van der Waals surface area contributed by atoms with Crippen molar-refractivity contribution in [3.8, 4) is 0 Å². The van der Waals surface area contributed by atoms with Gasteiger partial charge < -0.3 is 28.4 Å². The van der Waals surface area contributed by atoms with Crippen molar-refractivity contribution in [3.63, 3.8) is 0 Å². The summed E-state index contributed by atoms with van der Waals surface area (Å²) < 4.78 is 33.7. The van der Waals surface area contributed by atoms with Crippen LogP contribution in [-0.4, -0.2) is 69.4 Å². The van der Waals surface area contributed by atoms with Gasteiger partial charge in [0.05, 0.1) is 0 Å². The Kier molecular flexibility index (Phi) is 32.2. The molecule has 9 fully saturated rings. The SMILES string of the molecule is C=C(C)C(=O)OC1(C(C)C)CCCC1.C=C(C)C(=O)OC1(C(C)C)CCCCC1.C=C(C)C(=O)OC1(C)C2CC3CC(C2)CC1C3.C=C(C)C(=O)OC1(C)CCCCC1.C=C(C)C(=O)OC1(CC)CCCCC1.C=C(C)C(=O)OC1(CC)CCCCCCC1. The summed E-state index contributed by atoms with van der Waals surface area (Å²) in [6.45, 7) is 49.0. The molecule has 12 nitrogen and oxygen atoms in total. The average molecular weight is 1240 g/mol. The zero-order chi connectivity index (χ0) is 67.0. The van der Waals surface area contributed by atoms with Gasteiger partial charge in [0.2, 0.25) is 0 Å². The average Bonchev–Trinajstić information content (AvgIpc) is 1.31. The molecule has 0 aromatic carbocycles. The molecule has 89 heavy (non-hydrogen) atoms. The van der Waals surface area contributed by atoms with Gasteiger partial charge in [-0.25, -0.2) is 28.8 Å². The van der Waals surface area contributed by atoms with Crippen LogP contribution in [0.1, 0.15) is 309 Å². The minimum Gasteiger partial charge on any atom is -0.456 e. The van der Waals surface area contributed by atoms with Gasteiger partial charge in [0, 0.05) is 33.4 Å². The Morgan fingerprint density at radius 1 is 0.337 bits per heavy atom. The van der Waals surface area contributed by atoms with E-state index in [1.807, 2.05) is 6.92 Å². The summed E-state index contributed by atoms with van der Waals surface area (Å²) in [5, 5.41) is 0. The predicted molar refractivity (Wildman–Crippen MR) is 361 cm³/mol. The first-order valence-corrected chi connectivity index (χ1v) is 35.0. The second-order valence-corrected chi connectivity index (χ2v) is 29.6. The Labute approximate surface area is 541 Å². The molecule has 0 saturated heterocycles. The van der Waals surface area contributed by atoms with E-state index >= 15 is 0 Å². The summed E-state index contributed by atoms with van der Waals surface area (Å²) in [7, 11) is 0. The number of esters is 6. The Bertz CT molecular complexity index is 2360. The maximum absolute atomic E-state index is 11.8. The molecule has 0 aromatic heterocycles. The molecule has 9 saturated carbocycles. The Morgan fingerprint density at radius 2 is 0.573 bits per heavy atom. The Morgan fingerprint density at radius 3 is 0.865 bits per heavy atom. The topological polar surface area (TPSA) is 158 Å². The summed E-state index contributed by atoms with van der Waals surface area (Å²) in [6.07, 6.45) is 37.8. The summed E-state index contributed by atoms with van der Waals surface area (Å²) in [4.78, 5) is 69.3. The van der Waals surface area contributed by atoms with Crippen molar-refractivity contribution in [1.82, 2.24) is 0 Å². The molecule has 0 radical (unpaired) electrons. The highest BCUT2D eigenvalue weighted by Gasteiger charge is 2.57. The Hall–Kier alpha value is -4.74. The van der Waals surface area contributed by atoms with Crippen LogP contribution in [-0.2, 0) is 57.2 Å². The number of rotatable bonds is 16. The monoisotopic (exact) mass is 1240 g/mol. The van der Waals surface area contributed by atoms with Crippen molar-refractivity contribution in [1.29, 1.82) is 0 Å². The van der Waals surface area contributed by atoms with E-state index in [1.165, 1.54) is 135 Å². The van der Waals surface area contributed by atoms with E-state index in [9.17, 15) is 28.8 Å². The number of ether oxygens (including phenoxy) is 6. The first-order chi connectivity index (χ1) is 41.7. The molecular weight excluding hydrogens is 1120 g/mol. The van der Waals surface area contributed by atoms with Crippen LogP contribution in [0.4, 0.5) is 0 Å². The van der Waals surface area contributed by atoms with Gasteiger partial charge in [0.15, 0.2) is 0 Å². The standard InChI is InChI=1S/C15H22O2.C14H24O2.C13H22O2.2C12H20O2.C11H18O2/c1-9(2)14(16)17-15(3)12-5-10-4-11(7-12)8-13(15)6-10;1-4-14(16-13(15)12(2)3)10-8-6-5-7-9-11-14;1-10(2)12(14)15-13(11(3)4)8-6-5-7-9-13;1-9(2)11(13)14-12(10(3)4)7-5-6-8-12;1-4-12(8-6-5-7-9-12)14-11(13)10(2)3;1-9(2)10(12)13-11(3)7-5-4-6-8-11/h10-13H,1,4-8H2,2-3H3;2,4-11H2,1,3H3;11H,1,5-9H2,2-4H3;10H,1,5-8H2,2-4H3;2,4-9H2,1,3H3;1,4-8H2,2-3H3. The molecule has 9 aliphatic carbocycles. The lowest BCUT2D eigenvalue weighted by molar-refractivity contribution is -0.199.